The first-order chi connectivity index (χ1) is 9.67. The van der Waals surface area contributed by atoms with Crippen LogP contribution in [0.4, 0.5) is 11.4 Å². The van der Waals surface area contributed by atoms with Crippen molar-refractivity contribution >= 4 is 22.3 Å². The molecule has 20 heavy (non-hydrogen) atoms. The molecule has 0 fully saturated rings. The molecule has 0 aliphatic rings. The van der Waals surface area contributed by atoms with E-state index in [0.29, 0.717) is 12.2 Å². The van der Waals surface area contributed by atoms with Gasteiger partial charge < -0.3 is 11.1 Å². The van der Waals surface area contributed by atoms with Gasteiger partial charge in [0.15, 0.2) is 0 Å². The van der Waals surface area contributed by atoms with E-state index in [-0.39, 0.29) is 11.7 Å². The minimum absolute atomic E-state index is 0.0155. The van der Waals surface area contributed by atoms with Crippen molar-refractivity contribution in [2.24, 2.45) is 5.73 Å². The summed E-state index contributed by atoms with van der Waals surface area (Å²) in [5.74, 6) is 0. The molecular weight excluding hydrogens is 256 g/mol. The van der Waals surface area contributed by atoms with E-state index < -0.39 is 4.92 Å². The predicted octanol–water partition coefficient (Wildman–Crippen LogP) is 2.68. The van der Waals surface area contributed by atoms with Gasteiger partial charge in [0.2, 0.25) is 0 Å². The van der Waals surface area contributed by atoms with Crippen LogP contribution in [-0.2, 0) is 0 Å². The molecule has 3 N–H and O–H groups in total. The van der Waals surface area contributed by atoms with E-state index in [4.69, 9.17) is 5.73 Å². The van der Waals surface area contributed by atoms with E-state index in [9.17, 15) is 10.1 Å². The first-order valence-electron chi connectivity index (χ1n) is 6.66. The lowest BCUT2D eigenvalue weighted by Gasteiger charge is -2.18. The Morgan fingerprint density at radius 1 is 1.45 bits per heavy atom. The number of nitrogens with zero attached hydrogens (tertiary/aromatic N) is 2. The zero-order valence-electron chi connectivity index (χ0n) is 11.4. The number of nitrogens with two attached hydrogens (primary N) is 1. The number of para-hydroxylation sites is 1. The minimum atomic E-state index is -0.415. The third kappa shape index (κ3) is 2.85. The van der Waals surface area contributed by atoms with Crippen molar-refractivity contribution in [2.45, 2.75) is 25.8 Å². The van der Waals surface area contributed by atoms with Crippen LogP contribution in [0.5, 0.6) is 0 Å². The molecule has 1 aromatic carbocycles. The summed E-state index contributed by atoms with van der Waals surface area (Å²) in [5.41, 5.74) is 6.95. The molecule has 1 atom stereocenters. The number of hydrogen-bond donors (Lipinski definition) is 2. The quantitative estimate of drug-likeness (QED) is 0.624. The summed E-state index contributed by atoms with van der Waals surface area (Å²) < 4.78 is 0. The second kappa shape index (κ2) is 6.29. The molecule has 0 saturated carbocycles. The van der Waals surface area contributed by atoms with Crippen molar-refractivity contribution in [1.82, 2.24) is 4.98 Å². The number of aromatic nitrogens is 1. The molecular formula is C14H18N4O2. The van der Waals surface area contributed by atoms with Crippen molar-refractivity contribution in [3.63, 3.8) is 0 Å². The average molecular weight is 274 g/mol. The Labute approximate surface area is 117 Å². The Balaban J connectivity index is 2.51. The van der Waals surface area contributed by atoms with Gasteiger partial charge in [-0.3, -0.25) is 10.1 Å². The van der Waals surface area contributed by atoms with Gasteiger partial charge in [-0.2, -0.15) is 0 Å². The Kier molecular flexibility index (Phi) is 4.47. The van der Waals surface area contributed by atoms with Gasteiger partial charge in [0.05, 0.1) is 10.4 Å². The lowest BCUT2D eigenvalue weighted by Crippen LogP contribution is -2.29. The first-order valence-corrected chi connectivity index (χ1v) is 6.66. The lowest BCUT2D eigenvalue weighted by atomic mass is 10.1. The summed E-state index contributed by atoms with van der Waals surface area (Å²) in [6.45, 7) is 2.49. The maximum atomic E-state index is 11.2. The normalized spacial score (nSPS) is 12.3. The number of rotatable bonds is 6. The van der Waals surface area contributed by atoms with Crippen molar-refractivity contribution in [1.29, 1.82) is 0 Å². The molecule has 0 spiro atoms. The van der Waals surface area contributed by atoms with E-state index >= 15 is 0 Å². The summed E-state index contributed by atoms with van der Waals surface area (Å²) in [4.78, 5) is 14.9. The third-order valence-electron chi connectivity index (χ3n) is 3.22. The molecule has 1 heterocycles. The number of nitro groups is 1. The van der Waals surface area contributed by atoms with Crippen LogP contribution in [0.1, 0.15) is 19.8 Å². The second-order valence-electron chi connectivity index (χ2n) is 4.66. The summed E-state index contributed by atoms with van der Waals surface area (Å²) >= 11 is 0. The van der Waals surface area contributed by atoms with E-state index in [1.807, 2.05) is 24.3 Å². The SMILES string of the molecule is CCCC(CN)Nc1c([N+](=O)[O-])cnc2ccccc12. The van der Waals surface area contributed by atoms with Gasteiger partial charge in [-0.1, -0.05) is 31.5 Å². The van der Waals surface area contributed by atoms with Gasteiger partial charge >= 0.3 is 5.69 Å². The number of benzene rings is 1. The smallest absolute Gasteiger partial charge is 0.311 e. The number of anilines is 1. The van der Waals surface area contributed by atoms with E-state index in [1.165, 1.54) is 6.20 Å². The summed E-state index contributed by atoms with van der Waals surface area (Å²) in [7, 11) is 0. The predicted molar refractivity (Wildman–Crippen MR) is 79.8 cm³/mol. The number of pyridine rings is 1. The Hall–Kier alpha value is -2.21. The molecule has 2 aromatic rings. The third-order valence-corrected chi connectivity index (χ3v) is 3.22. The van der Waals surface area contributed by atoms with Crippen LogP contribution in [0, 0.1) is 10.1 Å². The Bertz CT molecular complexity index is 615. The molecule has 2 rings (SSSR count). The van der Waals surface area contributed by atoms with Crippen LogP contribution in [0.15, 0.2) is 30.5 Å². The highest BCUT2D eigenvalue weighted by Gasteiger charge is 2.20. The lowest BCUT2D eigenvalue weighted by molar-refractivity contribution is -0.384. The average Bonchev–Trinajstić information content (AvgIpc) is 2.46. The summed E-state index contributed by atoms with van der Waals surface area (Å²) in [6.07, 6.45) is 3.13. The van der Waals surface area contributed by atoms with Gasteiger partial charge in [-0.15, -0.1) is 0 Å². The van der Waals surface area contributed by atoms with E-state index in [2.05, 4.69) is 17.2 Å². The molecule has 0 bridgehead atoms. The molecule has 6 nitrogen and oxygen atoms in total. The highest BCUT2D eigenvalue weighted by molar-refractivity contribution is 5.95. The monoisotopic (exact) mass is 274 g/mol. The standard InChI is InChI=1S/C14H18N4O2/c1-2-5-10(8-15)17-14-11-6-3-4-7-12(11)16-9-13(14)18(19)20/h3-4,6-7,9-10H,2,5,8,15H2,1H3,(H,16,17). The summed E-state index contributed by atoms with van der Waals surface area (Å²) in [5, 5.41) is 15.1. The van der Waals surface area contributed by atoms with Crippen LogP contribution in [0.25, 0.3) is 10.9 Å². The van der Waals surface area contributed by atoms with Gasteiger partial charge in [0.1, 0.15) is 11.9 Å². The second-order valence-corrected chi connectivity index (χ2v) is 4.66. The van der Waals surface area contributed by atoms with Crippen LogP contribution >= 0.6 is 0 Å². The number of fused-ring (bicyclic) bond motifs is 1. The van der Waals surface area contributed by atoms with Crippen molar-refractivity contribution in [3.8, 4) is 0 Å². The van der Waals surface area contributed by atoms with Crippen molar-refractivity contribution < 1.29 is 4.92 Å². The zero-order chi connectivity index (χ0) is 14.5. The molecule has 1 unspecified atom stereocenters. The number of hydrogen-bond acceptors (Lipinski definition) is 5. The summed E-state index contributed by atoms with van der Waals surface area (Å²) in [6, 6.07) is 7.39. The van der Waals surface area contributed by atoms with Gasteiger partial charge in [-0.25, -0.2) is 4.98 Å². The number of nitrogens with one attached hydrogen (secondary N) is 1. The molecule has 1 aromatic heterocycles. The largest absolute Gasteiger partial charge is 0.375 e. The fourth-order valence-corrected chi connectivity index (χ4v) is 2.22. The first kappa shape index (κ1) is 14.2. The van der Waals surface area contributed by atoms with Crippen LogP contribution in [-0.4, -0.2) is 22.5 Å². The molecule has 0 aliphatic heterocycles. The van der Waals surface area contributed by atoms with Crippen molar-refractivity contribution in [2.75, 3.05) is 11.9 Å². The fourth-order valence-electron chi connectivity index (χ4n) is 2.22. The van der Waals surface area contributed by atoms with Crippen LogP contribution in [0.2, 0.25) is 0 Å². The minimum Gasteiger partial charge on any atom is -0.375 e. The maximum Gasteiger partial charge on any atom is 0.311 e. The molecule has 0 aliphatic carbocycles. The molecule has 0 saturated heterocycles. The fraction of sp³-hybridized carbons (Fsp3) is 0.357. The van der Waals surface area contributed by atoms with Gasteiger partial charge in [0, 0.05) is 18.0 Å². The molecule has 0 amide bonds. The van der Waals surface area contributed by atoms with Gasteiger partial charge in [-0.05, 0) is 12.5 Å². The Morgan fingerprint density at radius 2 is 2.20 bits per heavy atom. The highest BCUT2D eigenvalue weighted by atomic mass is 16.6. The van der Waals surface area contributed by atoms with Crippen LogP contribution < -0.4 is 11.1 Å². The van der Waals surface area contributed by atoms with Gasteiger partial charge in [0.25, 0.3) is 0 Å². The van der Waals surface area contributed by atoms with E-state index in [0.717, 1.165) is 23.7 Å². The zero-order valence-corrected chi connectivity index (χ0v) is 11.4. The molecule has 106 valence electrons. The highest BCUT2D eigenvalue weighted by Crippen LogP contribution is 2.32. The Morgan fingerprint density at radius 3 is 2.85 bits per heavy atom. The maximum absolute atomic E-state index is 11.2. The topological polar surface area (TPSA) is 94.1 Å². The van der Waals surface area contributed by atoms with E-state index in [1.54, 1.807) is 0 Å². The molecule has 0 radical (unpaired) electrons. The molecule has 6 heteroatoms. The van der Waals surface area contributed by atoms with Crippen LogP contribution in [0.3, 0.4) is 0 Å². The van der Waals surface area contributed by atoms with Crippen molar-refractivity contribution in [3.05, 3.63) is 40.6 Å².